The lowest BCUT2D eigenvalue weighted by Gasteiger charge is -2.26. The summed E-state index contributed by atoms with van der Waals surface area (Å²) >= 11 is 0. The predicted molar refractivity (Wildman–Crippen MR) is 126 cm³/mol. The molecule has 0 aromatic heterocycles. The molecule has 1 aliphatic heterocycles. The van der Waals surface area contributed by atoms with Crippen LogP contribution < -0.4 is 0 Å². The molecule has 2 aliphatic carbocycles. The van der Waals surface area contributed by atoms with Gasteiger partial charge in [-0.05, 0) is 88.8 Å². The quantitative estimate of drug-likeness (QED) is 0.315. The summed E-state index contributed by atoms with van der Waals surface area (Å²) in [6, 6.07) is 0. The van der Waals surface area contributed by atoms with Crippen LogP contribution in [0.4, 0.5) is 0 Å². The highest BCUT2D eigenvalue weighted by Crippen LogP contribution is 2.48. The largest absolute Gasteiger partial charge is 0.392 e. The Morgan fingerprint density at radius 3 is 2.73 bits per heavy atom. The second kappa shape index (κ2) is 12.4. The molecular formula is C27H47NO2. The lowest BCUT2D eigenvalue weighted by molar-refractivity contribution is 0.139. The van der Waals surface area contributed by atoms with Crippen LogP contribution in [0, 0.1) is 23.7 Å². The van der Waals surface area contributed by atoms with Crippen LogP contribution in [0.1, 0.15) is 90.9 Å². The highest BCUT2D eigenvalue weighted by atomic mass is 16.3. The molecule has 0 radical (unpaired) electrons. The van der Waals surface area contributed by atoms with Gasteiger partial charge in [0.1, 0.15) is 0 Å². The molecule has 2 fully saturated rings. The van der Waals surface area contributed by atoms with Crippen molar-refractivity contribution in [3.8, 4) is 0 Å². The fraction of sp³-hybridized carbons (Fsp3) is 0.852. The van der Waals surface area contributed by atoms with Gasteiger partial charge in [-0.1, -0.05) is 63.3 Å². The Labute approximate surface area is 185 Å². The van der Waals surface area contributed by atoms with E-state index in [0.29, 0.717) is 17.8 Å². The number of fused-ring (bicyclic) bond motifs is 1. The summed E-state index contributed by atoms with van der Waals surface area (Å²) in [6.07, 6.45) is 20.6. The number of nitrogens with zero attached hydrogens (tertiary/aromatic N) is 1. The molecule has 0 amide bonds. The Morgan fingerprint density at radius 2 is 1.97 bits per heavy atom. The summed E-state index contributed by atoms with van der Waals surface area (Å²) in [7, 11) is 0. The van der Waals surface area contributed by atoms with E-state index in [1.165, 1.54) is 77.4 Å². The summed E-state index contributed by atoms with van der Waals surface area (Å²) in [5.74, 6) is 1.89. The lowest BCUT2D eigenvalue weighted by Crippen LogP contribution is -2.30. The Kier molecular flexibility index (Phi) is 9.93. The average Bonchev–Trinajstić information content (AvgIpc) is 3.25. The van der Waals surface area contributed by atoms with Gasteiger partial charge in [0, 0.05) is 5.92 Å². The Hall–Kier alpha value is -0.640. The van der Waals surface area contributed by atoms with Gasteiger partial charge in [0.2, 0.25) is 0 Å². The van der Waals surface area contributed by atoms with E-state index < -0.39 is 0 Å². The number of aliphatic hydroxyl groups excluding tert-OH is 2. The molecule has 3 nitrogen and oxygen atoms in total. The Morgan fingerprint density at radius 1 is 1.17 bits per heavy atom. The van der Waals surface area contributed by atoms with Gasteiger partial charge in [0.25, 0.3) is 0 Å². The zero-order valence-corrected chi connectivity index (χ0v) is 19.6. The van der Waals surface area contributed by atoms with Crippen molar-refractivity contribution in [2.45, 2.75) is 103 Å². The van der Waals surface area contributed by atoms with Gasteiger partial charge in [-0.25, -0.2) is 0 Å². The maximum Gasteiger partial charge on any atom is 0.0723 e. The fourth-order valence-corrected chi connectivity index (χ4v) is 6.08. The number of likely N-dealkylation sites (tertiary alicyclic amines) is 1. The minimum absolute atomic E-state index is 0.220. The van der Waals surface area contributed by atoms with E-state index in [1.807, 2.05) is 6.08 Å². The van der Waals surface area contributed by atoms with E-state index >= 15 is 0 Å². The van der Waals surface area contributed by atoms with Crippen molar-refractivity contribution >= 4 is 0 Å². The first kappa shape index (κ1) is 24.0. The summed E-state index contributed by atoms with van der Waals surface area (Å²) in [5, 5.41) is 21.0. The first-order chi connectivity index (χ1) is 14.6. The molecule has 3 heteroatoms. The molecule has 0 unspecified atom stereocenters. The lowest BCUT2D eigenvalue weighted by atomic mass is 9.88. The van der Waals surface area contributed by atoms with Crippen LogP contribution in [0.15, 0.2) is 23.8 Å². The molecule has 0 aromatic rings. The van der Waals surface area contributed by atoms with Crippen molar-refractivity contribution in [2.75, 3.05) is 19.6 Å². The highest BCUT2D eigenvalue weighted by molar-refractivity contribution is 5.21. The standard InChI is InChI=1S/C27H47NO2/c1-3-4-10-21(2)17-24(29)12-13-25-26-19-22(18-23(26)20-27(25)30)11-6-9-16-28-14-7-5-8-15-28/h12-13,18,21,23-27,29-30H,3-11,14-17,19-20H2,1-2H3/t21-,23-,24+,25+,26-,27+/m0/s1. The second-order valence-electron chi connectivity index (χ2n) is 10.5. The zero-order valence-electron chi connectivity index (χ0n) is 19.6. The number of unbranched alkanes of at least 4 members (excludes halogenated alkanes) is 2. The van der Waals surface area contributed by atoms with E-state index in [1.54, 1.807) is 5.57 Å². The minimum atomic E-state index is -0.369. The van der Waals surface area contributed by atoms with Crippen molar-refractivity contribution in [1.82, 2.24) is 4.90 Å². The van der Waals surface area contributed by atoms with Crippen molar-refractivity contribution in [2.24, 2.45) is 23.7 Å². The monoisotopic (exact) mass is 417 g/mol. The van der Waals surface area contributed by atoms with E-state index in [4.69, 9.17) is 0 Å². The van der Waals surface area contributed by atoms with E-state index in [2.05, 4.69) is 30.9 Å². The van der Waals surface area contributed by atoms with Crippen LogP contribution in [0.25, 0.3) is 0 Å². The third-order valence-corrected chi connectivity index (χ3v) is 7.87. The van der Waals surface area contributed by atoms with Gasteiger partial charge in [-0.15, -0.1) is 0 Å². The Bertz CT molecular complexity index is 551. The van der Waals surface area contributed by atoms with Crippen molar-refractivity contribution in [1.29, 1.82) is 0 Å². The molecule has 30 heavy (non-hydrogen) atoms. The first-order valence-corrected chi connectivity index (χ1v) is 13.0. The van der Waals surface area contributed by atoms with E-state index in [-0.39, 0.29) is 18.1 Å². The topological polar surface area (TPSA) is 43.7 Å². The molecule has 0 aromatic carbocycles. The molecule has 6 atom stereocenters. The van der Waals surface area contributed by atoms with Crippen LogP contribution in [0.2, 0.25) is 0 Å². The summed E-state index contributed by atoms with van der Waals surface area (Å²) in [5.41, 5.74) is 1.63. The number of hydrogen-bond donors (Lipinski definition) is 2. The molecule has 172 valence electrons. The predicted octanol–water partition coefficient (Wildman–Crippen LogP) is 5.72. The maximum absolute atomic E-state index is 10.6. The van der Waals surface area contributed by atoms with Crippen LogP contribution in [-0.4, -0.2) is 47.0 Å². The highest BCUT2D eigenvalue weighted by Gasteiger charge is 2.43. The van der Waals surface area contributed by atoms with Gasteiger partial charge >= 0.3 is 0 Å². The van der Waals surface area contributed by atoms with E-state index in [9.17, 15) is 10.2 Å². The molecule has 1 saturated carbocycles. The van der Waals surface area contributed by atoms with Crippen molar-refractivity contribution in [3.63, 3.8) is 0 Å². The fourth-order valence-electron chi connectivity index (χ4n) is 6.08. The summed E-state index contributed by atoms with van der Waals surface area (Å²) in [4.78, 5) is 2.65. The number of piperidine rings is 1. The van der Waals surface area contributed by atoms with Gasteiger partial charge in [0.05, 0.1) is 12.2 Å². The molecule has 1 saturated heterocycles. The van der Waals surface area contributed by atoms with Gasteiger partial charge in [-0.3, -0.25) is 0 Å². The number of allylic oxidation sites excluding steroid dienone is 2. The van der Waals surface area contributed by atoms with Crippen LogP contribution in [0.5, 0.6) is 0 Å². The molecule has 0 spiro atoms. The smallest absolute Gasteiger partial charge is 0.0723 e. The van der Waals surface area contributed by atoms with Crippen LogP contribution in [-0.2, 0) is 0 Å². The van der Waals surface area contributed by atoms with Gasteiger partial charge < -0.3 is 15.1 Å². The minimum Gasteiger partial charge on any atom is -0.392 e. The van der Waals surface area contributed by atoms with Gasteiger partial charge in [0.15, 0.2) is 0 Å². The molecule has 3 aliphatic rings. The third-order valence-electron chi connectivity index (χ3n) is 7.87. The van der Waals surface area contributed by atoms with E-state index in [0.717, 1.165) is 19.3 Å². The molecule has 2 N–H and O–H groups in total. The van der Waals surface area contributed by atoms with Crippen molar-refractivity contribution < 1.29 is 10.2 Å². The average molecular weight is 418 g/mol. The maximum atomic E-state index is 10.6. The number of hydrogen-bond acceptors (Lipinski definition) is 3. The number of aliphatic hydroxyl groups is 2. The van der Waals surface area contributed by atoms with Gasteiger partial charge in [-0.2, -0.15) is 0 Å². The van der Waals surface area contributed by atoms with Crippen LogP contribution >= 0.6 is 0 Å². The SMILES string of the molecule is CCCC[C@H](C)C[C@H](O)C=C[C@@H]1[C@H]2CC(CCCCN3CCCCC3)=C[C@H]2C[C@H]1O. The third kappa shape index (κ3) is 7.21. The molecule has 1 heterocycles. The zero-order chi connectivity index (χ0) is 21.3. The first-order valence-electron chi connectivity index (χ1n) is 13.0. The normalized spacial score (nSPS) is 31.8. The molecule has 0 bridgehead atoms. The number of rotatable bonds is 12. The van der Waals surface area contributed by atoms with Crippen molar-refractivity contribution in [3.05, 3.63) is 23.8 Å². The second-order valence-corrected chi connectivity index (χ2v) is 10.5. The molecular weight excluding hydrogens is 370 g/mol. The summed E-state index contributed by atoms with van der Waals surface area (Å²) < 4.78 is 0. The molecule has 3 rings (SSSR count). The van der Waals surface area contributed by atoms with Crippen LogP contribution in [0.3, 0.4) is 0 Å². The Balaban J connectivity index is 1.38. The summed E-state index contributed by atoms with van der Waals surface area (Å²) in [6.45, 7) is 8.36.